The minimum Gasteiger partial charge on any atom is -0.555 e. The summed E-state index contributed by atoms with van der Waals surface area (Å²) in [5.74, 6) is 0.962. The Morgan fingerprint density at radius 1 is 1.24 bits per heavy atom. The second-order valence-corrected chi connectivity index (χ2v) is 6.12. The Hall–Kier alpha value is -2.07. The number of aryl methyl sites for hydroxylation is 4. The van der Waals surface area contributed by atoms with Crippen LogP contribution in [0.2, 0.25) is 0 Å². The SMILES string of the molecule is [B]OC(=C(C#N)c1nc(C)sc1C)n1c(C)nc(C)c1C. The summed E-state index contributed by atoms with van der Waals surface area (Å²) in [6.07, 6.45) is 0. The van der Waals surface area contributed by atoms with Crippen LogP contribution in [0.1, 0.15) is 32.8 Å². The Balaban J connectivity index is 2.77. The molecule has 2 aromatic rings. The maximum atomic E-state index is 9.55. The first-order chi connectivity index (χ1) is 9.90. The molecule has 2 rings (SSSR count). The van der Waals surface area contributed by atoms with Gasteiger partial charge in [-0.05, 0) is 34.6 Å². The van der Waals surface area contributed by atoms with Gasteiger partial charge in [-0.3, -0.25) is 4.57 Å². The van der Waals surface area contributed by atoms with Crippen molar-refractivity contribution in [3.8, 4) is 6.07 Å². The molecule has 0 amide bonds. The fourth-order valence-corrected chi connectivity index (χ4v) is 3.09. The fourth-order valence-electron chi connectivity index (χ4n) is 2.26. The number of nitriles is 1. The number of nitrogens with zero attached hydrogens (tertiary/aromatic N) is 4. The number of hydrogen-bond acceptors (Lipinski definition) is 5. The number of thiazole rings is 1. The van der Waals surface area contributed by atoms with Gasteiger partial charge in [-0.2, -0.15) is 5.26 Å². The minimum atomic E-state index is 0.251. The summed E-state index contributed by atoms with van der Waals surface area (Å²) in [6, 6.07) is 2.16. The molecule has 2 aromatic heterocycles. The molecule has 0 aliphatic carbocycles. The lowest BCUT2D eigenvalue weighted by atomic mass is 10.2. The van der Waals surface area contributed by atoms with Crippen LogP contribution in [0, 0.1) is 45.9 Å². The molecular weight excluding hydrogens is 283 g/mol. The van der Waals surface area contributed by atoms with E-state index in [4.69, 9.17) is 12.7 Å². The minimum absolute atomic E-state index is 0.251. The van der Waals surface area contributed by atoms with Crippen LogP contribution in [0.3, 0.4) is 0 Å². The van der Waals surface area contributed by atoms with Crippen molar-refractivity contribution in [2.45, 2.75) is 34.6 Å². The average Bonchev–Trinajstić information content (AvgIpc) is 2.88. The van der Waals surface area contributed by atoms with Crippen LogP contribution < -0.4 is 0 Å². The third-order valence-electron chi connectivity index (χ3n) is 3.29. The van der Waals surface area contributed by atoms with E-state index in [0.29, 0.717) is 17.1 Å². The molecule has 0 aliphatic heterocycles. The van der Waals surface area contributed by atoms with Gasteiger partial charge in [-0.15, -0.1) is 11.3 Å². The molecular formula is C14H15BN4OS. The highest BCUT2D eigenvalue weighted by Gasteiger charge is 2.20. The zero-order valence-corrected chi connectivity index (χ0v) is 13.5. The molecule has 0 aromatic carbocycles. The van der Waals surface area contributed by atoms with Gasteiger partial charge in [0.05, 0.1) is 10.7 Å². The van der Waals surface area contributed by atoms with E-state index in [1.807, 2.05) is 34.6 Å². The van der Waals surface area contributed by atoms with Gasteiger partial charge in [0, 0.05) is 10.6 Å². The number of hydrogen-bond donors (Lipinski definition) is 0. The number of rotatable bonds is 3. The number of imidazole rings is 1. The molecule has 0 bridgehead atoms. The van der Waals surface area contributed by atoms with Crippen molar-refractivity contribution in [2.24, 2.45) is 0 Å². The summed E-state index contributed by atoms with van der Waals surface area (Å²) in [7, 11) is 5.44. The van der Waals surface area contributed by atoms with E-state index in [9.17, 15) is 5.26 Å². The van der Waals surface area contributed by atoms with E-state index < -0.39 is 0 Å². The van der Waals surface area contributed by atoms with Gasteiger partial charge in [-0.25, -0.2) is 9.97 Å². The quantitative estimate of drug-likeness (QED) is 0.496. The molecule has 2 heterocycles. The van der Waals surface area contributed by atoms with Crippen molar-refractivity contribution in [1.29, 1.82) is 5.26 Å². The highest BCUT2D eigenvalue weighted by atomic mass is 32.1. The third kappa shape index (κ3) is 2.59. The molecule has 0 saturated heterocycles. The van der Waals surface area contributed by atoms with Crippen LogP contribution in [0.15, 0.2) is 0 Å². The zero-order chi connectivity index (χ0) is 15.7. The van der Waals surface area contributed by atoms with Crippen LogP contribution in [-0.2, 0) is 4.65 Å². The average molecular weight is 298 g/mol. The van der Waals surface area contributed by atoms with Crippen LogP contribution in [0.25, 0.3) is 11.5 Å². The van der Waals surface area contributed by atoms with E-state index in [1.165, 1.54) is 11.3 Å². The van der Waals surface area contributed by atoms with Gasteiger partial charge in [-0.1, -0.05) is 0 Å². The van der Waals surface area contributed by atoms with Gasteiger partial charge in [0.25, 0.3) is 0 Å². The summed E-state index contributed by atoms with van der Waals surface area (Å²) < 4.78 is 6.77. The number of aromatic nitrogens is 3. The Morgan fingerprint density at radius 2 is 1.90 bits per heavy atom. The Labute approximate surface area is 129 Å². The second kappa shape index (κ2) is 5.74. The predicted molar refractivity (Wildman–Crippen MR) is 83.6 cm³/mol. The van der Waals surface area contributed by atoms with Crippen molar-refractivity contribution >= 4 is 30.8 Å². The Bertz CT molecular complexity index is 767. The van der Waals surface area contributed by atoms with Gasteiger partial charge in [0.2, 0.25) is 5.88 Å². The Kier molecular flexibility index (Phi) is 4.19. The molecule has 0 fully saturated rings. The van der Waals surface area contributed by atoms with Crippen molar-refractivity contribution in [2.75, 3.05) is 0 Å². The molecule has 5 nitrogen and oxygen atoms in total. The van der Waals surface area contributed by atoms with E-state index in [2.05, 4.69) is 16.0 Å². The predicted octanol–water partition coefficient (Wildman–Crippen LogP) is 2.83. The molecule has 0 atom stereocenters. The van der Waals surface area contributed by atoms with Gasteiger partial charge in [0.15, 0.2) is 0 Å². The van der Waals surface area contributed by atoms with E-state index >= 15 is 0 Å². The highest BCUT2D eigenvalue weighted by Crippen LogP contribution is 2.29. The monoisotopic (exact) mass is 298 g/mol. The summed E-state index contributed by atoms with van der Waals surface area (Å²) >= 11 is 1.53. The molecule has 21 heavy (non-hydrogen) atoms. The van der Waals surface area contributed by atoms with Gasteiger partial charge >= 0.3 is 8.05 Å². The maximum Gasteiger partial charge on any atom is 0.376 e. The molecule has 106 valence electrons. The normalized spacial score (nSPS) is 12.0. The molecule has 0 unspecified atom stereocenters. The first kappa shape index (κ1) is 15.3. The topological polar surface area (TPSA) is 63.7 Å². The summed E-state index contributed by atoms with van der Waals surface area (Å²) in [4.78, 5) is 9.74. The second-order valence-electron chi connectivity index (χ2n) is 4.71. The maximum absolute atomic E-state index is 9.55. The molecule has 0 spiro atoms. The lowest BCUT2D eigenvalue weighted by Crippen LogP contribution is -2.07. The van der Waals surface area contributed by atoms with Crippen LogP contribution >= 0.6 is 11.3 Å². The molecule has 2 radical (unpaired) electrons. The van der Waals surface area contributed by atoms with Gasteiger partial charge in [0.1, 0.15) is 23.2 Å². The van der Waals surface area contributed by atoms with E-state index in [1.54, 1.807) is 4.57 Å². The van der Waals surface area contributed by atoms with Crippen LogP contribution in [0.5, 0.6) is 0 Å². The fraction of sp³-hybridized carbons (Fsp3) is 0.357. The summed E-state index contributed by atoms with van der Waals surface area (Å²) in [5, 5.41) is 10.4. The first-order valence-corrected chi connectivity index (χ1v) is 7.20. The lowest BCUT2D eigenvalue weighted by Gasteiger charge is -2.14. The van der Waals surface area contributed by atoms with Crippen molar-refractivity contribution < 1.29 is 4.65 Å². The van der Waals surface area contributed by atoms with Gasteiger partial charge < -0.3 is 4.65 Å². The van der Waals surface area contributed by atoms with E-state index in [0.717, 1.165) is 21.3 Å². The molecule has 7 heteroatoms. The van der Waals surface area contributed by atoms with Crippen molar-refractivity contribution in [3.63, 3.8) is 0 Å². The summed E-state index contributed by atoms with van der Waals surface area (Å²) in [6.45, 7) is 9.47. The third-order valence-corrected chi connectivity index (χ3v) is 4.18. The Morgan fingerprint density at radius 3 is 2.29 bits per heavy atom. The zero-order valence-electron chi connectivity index (χ0n) is 12.7. The standard InChI is InChI=1S/C14H15BN4OS/c1-7-8(2)19(10(4)17-7)14(20-15)12(6-16)13-9(3)21-11(5)18-13/h1-5H3. The highest BCUT2D eigenvalue weighted by molar-refractivity contribution is 7.11. The van der Waals surface area contributed by atoms with Crippen LogP contribution in [0.4, 0.5) is 0 Å². The van der Waals surface area contributed by atoms with E-state index in [-0.39, 0.29) is 5.88 Å². The molecule has 0 N–H and O–H groups in total. The lowest BCUT2D eigenvalue weighted by molar-refractivity contribution is 0.523. The number of allylic oxidation sites excluding steroid dienone is 1. The molecule has 0 aliphatic rings. The van der Waals surface area contributed by atoms with Crippen LogP contribution in [-0.4, -0.2) is 22.6 Å². The van der Waals surface area contributed by atoms with Crippen molar-refractivity contribution in [1.82, 2.24) is 14.5 Å². The molecule has 0 saturated carbocycles. The smallest absolute Gasteiger partial charge is 0.376 e. The first-order valence-electron chi connectivity index (χ1n) is 6.39. The summed E-state index contributed by atoms with van der Waals surface area (Å²) in [5.41, 5.74) is 2.66. The largest absolute Gasteiger partial charge is 0.555 e. The van der Waals surface area contributed by atoms with Crippen molar-refractivity contribution in [3.05, 3.63) is 32.8 Å².